The van der Waals surface area contributed by atoms with Crippen LogP contribution < -0.4 is 16.2 Å². The first-order valence-corrected chi connectivity index (χ1v) is 8.38. The molecule has 124 valence electrons. The van der Waals surface area contributed by atoms with Crippen molar-refractivity contribution in [1.82, 2.24) is 15.6 Å². The van der Waals surface area contributed by atoms with Crippen LogP contribution in [-0.4, -0.2) is 42.6 Å². The van der Waals surface area contributed by atoms with Crippen molar-refractivity contribution in [3.05, 3.63) is 32.7 Å². The summed E-state index contributed by atoms with van der Waals surface area (Å²) in [5, 5.41) is 5.91. The number of rotatable bonds is 3. The van der Waals surface area contributed by atoms with Gasteiger partial charge in [-0.25, -0.2) is 0 Å². The van der Waals surface area contributed by atoms with Crippen LogP contribution in [0.1, 0.15) is 29.6 Å². The maximum atomic E-state index is 12.2. The molecule has 2 fully saturated rings. The fourth-order valence-corrected chi connectivity index (χ4v) is 3.54. The Bertz CT molecular complexity index is 682. The molecule has 0 radical (unpaired) electrons. The predicted octanol–water partition coefficient (Wildman–Crippen LogP) is 0.553. The van der Waals surface area contributed by atoms with Gasteiger partial charge in [0.2, 0.25) is 0 Å². The first-order valence-electron chi connectivity index (χ1n) is 7.58. The van der Waals surface area contributed by atoms with Crippen LogP contribution in [0.4, 0.5) is 0 Å². The summed E-state index contributed by atoms with van der Waals surface area (Å²) in [6.07, 6.45) is 3.28. The SMILES string of the molecule is O=C(NCC1CC2(CCNCC2)C(=O)O1)c1cc(Br)c[nH]c1=O. The number of hydrogen-bond donors (Lipinski definition) is 3. The monoisotopic (exact) mass is 383 g/mol. The number of ether oxygens (including phenoxy) is 1. The number of H-pyrrole nitrogens is 1. The number of hydrogen-bond acceptors (Lipinski definition) is 5. The second-order valence-electron chi connectivity index (χ2n) is 6.03. The lowest BCUT2D eigenvalue weighted by atomic mass is 9.76. The van der Waals surface area contributed by atoms with Crippen LogP contribution in [0.3, 0.4) is 0 Å². The van der Waals surface area contributed by atoms with E-state index < -0.39 is 16.9 Å². The number of piperidine rings is 1. The maximum absolute atomic E-state index is 12.2. The third-order valence-corrected chi connectivity index (χ3v) is 4.95. The summed E-state index contributed by atoms with van der Waals surface area (Å²) in [6, 6.07) is 1.46. The van der Waals surface area contributed by atoms with Crippen LogP contribution >= 0.6 is 15.9 Å². The molecule has 2 aliphatic rings. The highest BCUT2D eigenvalue weighted by Gasteiger charge is 2.49. The van der Waals surface area contributed by atoms with Crippen LogP contribution in [0.15, 0.2) is 21.5 Å². The number of carbonyl (C=O) groups is 2. The molecule has 1 unspecified atom stereocenters. The van der Waals surface area contributed by atoms with Gasteiger partial charge in [-0.2, -0.15) is 0 Å². The molecule has 2 saturated heterocycles. The van der Waals surface area contributed by atoms with E-state index in [2.05, 4.69) is 31.5 Å². The molecule has 0 aromatic carbocycles. The van der Waals surface area contributed by atoms with Gasteiger partial charge in [0.05, 0.1) is 12.0 Å². The van der Waals surface area contributed by atoms with Crippen molar-refractivity contribution in [1.29, 1.82) is 0 Å². The number of amides is 1. The average Bonchev–Trinajstić information content (AvgIpc) is 2.84. The Morgan fingerprint density at radius 3 is 2.87 bits per heavy atom. The molecule has 8 heteroatoms. The Balaban J connectivity index is 1.61. The lowest BCUT2D eigenvalue weighted by Gasteiger charge is -2.29. The zero-order chi connectivity index (χ0) is 16.4. The van der Waals surface area contributed by atoms with E-state index in [4.69, 9.17) is 4.74 Å². The van der Waals surface area contributed by atoms with Crippen LogP contribution in [0.5, 0.6) is 0 Å². The molecule has 23 heavy (non-hydrogen) atoms. The molecular formula is C15H18BrN3O4. The van der Waals surface area contributed by atoms with Gasteiger partial charge in [-0.3, -0.25) is 14.4 Å². The third-order valence-electron chi connectivity index (χ3n) is 4.49. The molecule has 3 N–H and O–H groups in total. The highest BCUT2D eigenvalue weighted by molar-refractivity contribution is 9.10. The molecule has 3 heterocycles. The second kappa shape index (κ2) is 6.45. The highest BCUT2D eigenvalue weighted by Crippen LogP contribution is 2.41. The van der Waals surface area contributed by atoms with Crippen molar-refractivity contribution >= 4 is 27.8 Å². The maximum Gasteiger partial charge on any atom is 0.312 e. The van der Waals surface area contributed by atoms with E-state index in [9.17, 15) is 14.4 Å². The molecule has 0 aliphatic carbocycles. The lowest BCUT2D eigenvalue weighted by Crippen LogP contribution is -2.40. The predicted molar refractivity (Wildman–Crippen MR) is 86.1 cm³/mol. The van der Waals surface area contributed by atoms with Gasteiger partial charge in [-0.15, -0.1) is 0 Å². The summed E-state index contributed by atoms with van der Waals surface area (Å²) >= 11 is 3.21. The Labute approximate surface area is 141 Å². The molecule has 3 rings (SSSR count). The molecule has 1 spiro atoms. The van der Waals surface area contributed by atoms with Crippen molar-refractivity contribution < 1.29 is 14.3 Å². The number of halogens is 1. The molecule has 1 aromatic heterocycles. The van der Waals surface area contributed by atoms with Crippen molar-refractivity contribution in [3.63, 3.8) is 0 Å². The van der Waals surface area contributed by atoms with E-state index in [1.54, 1.807) is 0 Å². The molecule has 0 saturated carbocycles. The summed E-state index contributed by atoms with van der Waals surface area (Å²) in [5.74, 6) is -0.645. The van der Waals surface area contributed by atoms with Gasteiger partial charge in [0.15, 0.2) is 0 Å². The molecule has 1 aromatic rings. The van der Waals surface area contributed by atoms with E-state index in [1.807, 2.05) is 0 Å². The van der Waals surface area contributed by atoms with Crippen molar-refractivity contribution in [2.45, 2.75) is 25.4 Å². The number of esters is 1. The summed E-state index contributed by atoms with van der Waals surface area (Å²) in [5.41, 5.74) is -0.835. The largest absolute Gasteiger partial charge is 0.460 e. The summed E-state index contributed by atoms with van der Waals surface area (Å²) < 4.78 is 6.03. The van der Waals surface area contributed by atoms with Gasteiger partial charge < -0.3 is 20.4 Å². The highest BCUT2D eigenvalue weighted by atomic mass is 79.9. The van der Waals surface area contributed by atoms with Crippen molar-refractivity contribution in [2.75, 3.05) is 19.6 Å². The minimum absolute atomic E-state index is 0.0280. The minimum atomic E-state index is -0.477. The number of pyridine rings is 1. The zero-order valence-electron chi connectivity index (χ0n) is 12.5. The normalized spacial score (nSPS) is 22.8. The van der Waals surface area contributed by atoms with Crippen molar-refractivity contribution in [3.8, 4) is 0 Å². The Kier molecular flexibility index (Phi) is 4.54. The van der Waals surface area contributed by atoms with E-state index in [0.717, 1.165) is 25.9 Å². The Hall–Kier alpha value is -1.67. The molecule has 1 amide bonds. The molecule has 1 atom stereocenters. The summed E-state index contributed by atoms with van der Waals surface area (Å²) in [6.45, 7) is 1.83. The number of aromatic nitrogens is 1. The number of aromatic amines is 1. The molecular weight excluding hydrogens is 366 g/mol. The van der Waals surface area contributed by atoms with Crippen LogP contribution in [0.25, 0.3) is 0 Å². The lowest BCUT2D eigenvalue weighted by molar-refractivity contribution is -0.149. The van der Waals surface area contributed by atoms with E-state index in [-0.39, 0.29) is 24.2 Å². The fourth-order valence-electron chi connectivity index (χ4n) is 3.19. The smallest absolute Gasteiger partial charge is 0.312 e. The Morgan fingerprint density at radius 2 is 2.13 bits per heavy atom. The average molecular weight is 384 g/mol. The van der Waals surface area contributed by atoms with E-state index >= 15 is 0 Å². The first-order chi connectivity index (χ1) is 11.0. The topological polar surface area (TPSA) is 100 Å². The van der Waals surface area contributed by atoms with Gasteiger partial charge in [0.1, 0.15) is 11.7 Å². The van der Waals surface area contributed by atoms with Crippen LogP contribution in [-0.2, 0) is 9.53 Å². The van der Waals surface area contributed by atoms with E-state index in [0.29, 0.717) is 10.9 Å². The van der Waals surface area contributed by atoms with Crippen LogP contribution in [0, 0.1) is 5.41 Å². The third kappa shape index (κ3) is 3.32. The number of cyclic esters (lactones) is 1. The number of nitrogens with one attached hydrogen (secondary N) is 3. The van der Waals surface area contributed by atoms with Gasteiger partial charge in [-0.1, -0.05) is 0 Å². The molecule has 2 aliphatic heterocycles. The Morgan fingerprint density at radius 1 is 1.39 bits per heavy atom. The summed E-state index contributed by atoms with van der Waals surface area (Å²) in [7, 11) is 0. The fraction of sp³-hybridized carbons (Fsp3) is 0.533. The van der Waals surface area contributed by atoms with Crippen LogP contribution in [0.2, 0.25) is 0 Å². The standard InChI is InChI=1S/C15H18BrN3O4/c16-9-5-11(12(20)18-7-9)13(21)19-8-10-6-15(14(22)23-10)1-3-17-4-2-15/h5,7,10,17H,1-4,6,8H2,(H,18,20)(H,19,21). The molecule has 0 bridgehead atoms. The summed E-state index contributed by atoms with van der Waals surface area (Å²) in [4.78, 5) is 38.4. The van der Waals surface area contributed by atoms with Gasteiger partial charge in [0.25, 0.3) is 11.5 Å². The second-order valence-corrected chi connectivity index (χ2v) is 6.95. The van der Waals surface area contributed by atoms with Gasteiger partial charge in [0, 0.05) is 17.1 Å². The van der Waals surface area contributed by atoms with Gasteiger partial charge in [-0.05, 0) is 47.9 Å². The first kappa shape index (κ1) is 16.2. The van der Waals surface area contributed by atoms with Crippen molar-refractivity contribution in [2.24, 2.45) is 5.41 Å². The minimum Gasteiger partial charge on any atom is -0.460 e. The van der Waals surface area contributed by atoms with Gasteiger partial charge >= 0.3 is 5.97 Å². The molecule has 7 nitrogen and oxygen atoms in total. The van der Waals surface area contributed by atoms with E-state index in [1.165, 1.54) is 12.3 Å². The quantitative estimate of drug-likeness (QED) is 0.661. The number of carbonyl (C=O) groups excluding carboxylic acids is 2. The zero-order valence-corrected chi connectivity index (χ0v) is 14.1.